The Morgan fingerprint density at radius 1 is 1.26 bits per heavy atom. The van der Waals surface area contributed by atoms with Gasteiger partial charge < -0.3 is 15.4 Å². The Hall–Kier alpha value is -2.66. The first-order chi connectivity index (χ1) is 11.2. The minimum Gasteiger partial charge on any atom is -0.391 e. The van der Waals surface area contributed by atoms with Crippen molar-refractivity contribution in [3.8, 4) is 11.3 Å². The molecule has 1 aromatic carbocycles. The average molecular weight is 309 g/mol. The first-order valence-corrected chi connectivity index (χ1v) is 7.68. The molecular formula is C18H19N3O2. The number of aromatic nitrogens is 2. The first-order valence-electron chi connectivity index (χ1n) is 7.68. The minimum atomic E-state index is -0.506. The van der Waals surface area contributed by atoms with E-state index in [1.165, 1.54) is 0 Å². The molecule has 0 spiro atoms. The van der Waals surface area contributed by atoms with Crippen molar-refractivity contribution in [2.45, 2.75) is 19.4 Å². The Morgan fingerprint density at radius 2 is 2.04 bits per heavy atom. The minimum absolute atomic E-state index is 0.183. The van der Waals surface area contributed by atoms with Crippen LogP contribution >= 0.6 is 0 Å². The molecule has 3 aromatic rings. The van der Waals surface area contributed by atoms with Crippen LogP contribution in [0, 0.1) is 0 Å². The molecule has 118 valence electrons. The van der Waals surface area contributed by atoms with Gasteiger partial charge in [-0.2, -0.15) is 0 Å². The van der Waals surface area contributed by atoms with Gasteiger partial charge in [-0.05, 0) is 30.7 Å². The Morgan fingerprint density at radius 3 is 2.78 bits per heavy atom. The summed E-state index contributed by atoms with van der Waals surface area (Å²) in [5, 5.41) is 13.3. The van der Waals surface area contributed by atoms with Crippen LogP contribution in [0.3, 0.4) is 0 Å². The van der Waals surface area contributed by atoms with Gasteiger partial charge in [0.2, 0.25) is 0 Å². The van der Waals surface area contributed by atoms with Crippen molar-refractivity contribution in [2.75, 3.05) is 6.54 Å². The highest BCUT2D eigenvalue weighted by atomic mass is 16.3. The number of pyridine rings is 1. The van der Waals surface area contributed by atoms with E-state index < -0.39 is 6.10 Å². The fourth-order valence-corrected chi connectivity index (χ4v) is 2.45. The maximum absolute atomic E-state index is 12.0. The topological polar surface area (TPSA) is 78.0 Å². The van der Waals surface area contributed by atoms with Crippen LogP contribution < -0.4 is 5.32 Å². The second-order valence-corrected chi connectivity index (χ2v) is 5.45. The molecule has 1 unspecified atom stereocenters. The second-order valence-electron chi connectivity index (χ2n) is 5.45. The van der Waals surface area contributed by atoms with Crippen LogP contribution in [-0.4, -0.2) is 33.6 Å². The summed E-state index contributed by atoms with van der Waals surface area (Å²) in [7, 11) is 0. The quantitative estimate of drug-likeness (QED) is 0.678. The molecule has 0 aliphatic heterocycles. The maximum Gasteiger partial charge on any atom is 0.251 e. The molecule has 5 heteroatoms. The molecule has 3 N–H and O–H groups in total. The third kappa shape index (κ3) is 3.24. The standard InChI is InChI=1S/C18H19N3O2/c1-2-14(22)11-21-18(23)13-5-3-12(4-6-13)17-15-7-9-19-16(15)8-10-20-17/h3-10,14,19,22H,2,11H2,1H3,(H,21,23). The van der Waals surface area contributed by atoms with Crippen LogP contribution in [0.5, 0.6) is 0 Å². The zero-order chi connectivity index (χ0) is 16.2. The lowest BCUT2D eigenvalue weighted by Crippen LogP contribution is -2.31. The Balaban J connectivity index is 1.79. The number of hydrogen-bond donors (Lipinski definition) is 3. The highest BCUT2D eigenvalue weighted by molar-refractivity contribution is 5.96. The van der Waals surface area contributed by atoms with Crippen molar-refractivity contribution < 1.29 is 9.90 Å². The van der Waals surface area contributed by atoms with E-state index >= 15 is 0 Å². The zero-order valence-corrected chi connectivity index (χ0v) is 12.9. The smallest absolute Gasteiger partial charge is 0.251 e. The van der Waals surface area contributed by atoms with E-state index in [0.29, 0.717) is 12.0 Å². The van der Waals surface area contributed by atoms with Gasteiger partial charge in [0, 0.05) is 41.0 Å². The number of nitrogens with zero attached hydrogens (tertiary/aromatic N) is 1. The second kappa shape index (κ2) is 6.62. The van der Waals surface area contributed by atoms with Crippen molar-refractivity contribution in [1.29, 1.82) is 0 Å². The van der Waals surface area contributed by atoms with Crippen molar-refractivity contribution in [2.24, 2.45) is 0 Å². The molecule has 0 aliphatic rings. The summed E-state index contributed by atoms with van der Waals surface area (Å²) in [5.41, 5.74) is 3.45. The molecule has 1 atom stereocenters. The molecule has 2 heterocycles. The fourth-order valence-electron chi connectivity index (χ4n) is 2.45. The summed E-state index contributed by atoms with van der Waals surface area (Å²) in [6, 6.07) is 11.2. The average Bonchev–Trinajstić information content (AvgIpc) is 3.08. The molecule has 0 fully saturated rings. The van der Waals surface area contributed by atoms with Crippen molar-refractivity contribution in [1.82, 2.24) is 15.3 Å². The Bertz CT molecular complexity index is 809. The largest absolute Gasteiger partial charge is 0.391 e. The number of hydrogen-bond acceptors (Lipinski definition) is 3. The summed E-state index contributed by atoms with van der Waals surface area (Å²) in [5.74, 6) is -0.183. The summed E-state index contributed by atoms with van der Waals surface area (Å²) >= 11 is 0. The molecule has 0 saturated heterocycles. The zero-order valence-electron chi connectivity index (χ0n) is 12.9. The van der Waals surface area contributed by atoms with Crippen molar-refractivity contribution in [3.05, 3.63) is 54.4 Å². The highest BCUT2D eigenvalue weighted by Gasteiger charge is 2.10. The van der Waals surface area contributed by atoms with Gasteiger partial charge in [0.1, 0.15) is 0 Å². The number of aromatic amines is 1. The molecule has 23 heavy (non-hydrogen) atoms. The van der Waals surface area contributed by atoms with E-state index in [2.05, 4.69) is 15.3 Å². The number of H-pyrrole nitrogens is 1. The van der Waals surface area contributed by atoms with Crippen LogP contribution in [0.1, 0.15) is 23.7 Å². The third-order valence-corrected chi connectivity index (χ3v) is 3.87. The lowest BCUT2D eigenvalue weighted by Gasteiger charge is -2.10. The van der Waals surface area contributed by atoms with Crippen LogP contribution in [0.4, 0.5) is 0 Å². The van der Waals surface area contributed by atoms with Gasteiger partial charge in [-0.15, -0.1) is 0 Å². The molecule has 2 aromatic heterocycles. The monoisotopic (exact) mass is 309 g/mol. The summed E-state index contributed by atoms with van der Waals surface area (Å²) in [6.07, 6.45) is 3.76. The van der Waals surface area contributed by atoms with Gasteiger partial charge in [-0.25, -0.2) is 0 Å². The molecule has 0 saturated carbocycles. The van der Waals surface area contributed by atoms with Gasteiger partial charge >= 0.3 is 0 Å². The number of benzene rings is 1. The van der Waals surface area contributed by atoms with Gasteiger partial charge in [0.25, 0.3) is 5.91 Å². The van der Waals surface area contributed by atoms with Gasteiger partial charge in [0.05, 0.1) is 11.8 Å². The summed E-state index contributed by atoms with van der Waals surface area (Å²) in [4.78, 5) is 19.6. The molecule has 1 amide bonds. The van der Waals surface area contributed by atoms with Crippen molar-refractivity contribution in [3.63, 3.8) is 0 Å². The fraction of sp³-hybridized carbons (Fsp3) is 0.222. The molecule has 0 bridgehead atoms. The number of carbonyl (C=O) groups is 1. The highest BCUT2D eigenvalue weighted by Crippen LogP contribution is 2.25. The van der Waals surface area contributed by atoms with Crippen LogP contribution in [0.2, 0.25) is 0 Å². The van der Waals surface area contributed by atoms with Crippen molar-refractivity contribution >= 4 is 16.8 Å². The first kappa shape index (κ1) is 15.2. The Labute approximate surface area is 134 Å². The van der Waals surface area contributed by atoms with E-state index in [0.717, 1.165) is 22.2 Å². The number of fused-ring (bicyclic) bond motifs is 1. The van der Waals surface area contributed by atoms with Gasteiger partial charge in [-0.3, -0.25) is 9.78 Å². The normalized spacial score (nSPS) is 12.3. The number of rotatable bonds is 5. The van der Waals surface area contributed by atoms with E-state index in [-0.39, 0.29) is 12.5 Å². The van der Waals surface area contributed by atoms with E-state index in [4.69, 9.17) is 0 Å². The number of aliphatic hydroxyl groups excluding tert-OH is 1. The van der Waals surface area contributed by atoms with Crippen LogP contribution in [0.15, 0.2) is 48.8 Å². The van der Waals surface area contributed by atoms with E-state index in [9.17, 15) is 9.90 Å². The third-order valence-electron chi connectivity index (χ3n) is 3.87. The lowest BCUT2D eigenvalue weighted by molar-refractivity contribution is 0.0914. The molecule has 5 nitrogen and oxygen atoms in total. The molecule has 0 aliphatic carbocycles. The summed E-state index contributed by atoms with van der Waals surface area (Å²) in [6.45, 7) is 2.14. The number of aliphatic hydroxyl groups is 1. The van der Waals surface area contributed by atoms with Gasteiger partial charge in [-0.1, -0.05) is 19.1 Å². The summed E-state index contributed by atoms with van der Waals surface area (Å²) < 4.78 is 0. The maximum atomic E-state index is 12.0. The number of carbonyl (C=O) groups excluding carboxylic acids is 1. The van der Waals surface area contributed by atoms with E-state index in [1.807, 2.05) is 37.4 Å². The van der Waals surface area contributed by atoms with Gasteiger partial charge in [0.15, 0.2) is 0 Å². The molecular weight excluding hydrogens is 290 g/mol. The Kier molecular flexibility index (Phi) is 4.39. The molecule has 3 rings (SSSR count). The SMILES string of the molecule is CCC(O)CNC(=O)c1ccc(-c2nccc3[nH]ccc23)cc1. The van der Waals surface area contributed by atoms with Crippen LogP contribution in [-0.2, 0) is 0 Å². The predicted octanol–water partition coefficient (Wildman–Crippen LogP) is 2.73. The number of nitrogens with one attached hydrogen (secondary N) is 2. The van der Waals surface area contributed by atoms with E-state index in [1.54, 1.807) is 18.3 Å². The van der Waals surface area contributed by atoms with Crippen LogP contribution in [0.25, 0.3) is 22.2 Å². The predicted molar refractivity (Wildman–Crippen MR) is 90.2 cm³/mol. The number of amides is 1. The molecule has 0 radical (unpaired) electrons. The lowest BCUT2D eigenvalue weighted by atomic mass is 10.1.